The topological polar surface area (TPSA) is 29.1 Å². The second kappa shape index (κ2) is 5.79. The van der Waals surface area contributed by atoms with Gasteiger partial charge in [-0.25, -0.2) is 8.78 Å². The third-order valence-electron chi connectivity index (χ3n) is 2.36. The van der Waals surface area contributed by atoms with Crippen LogP contribution in [0, 0.1) is 11.6 Å². The highest BCUT2D eigenvalue weighted by atomic mass is 79.9. The van der Waals surface area contributed by atoms with E-state index < -0.39 is 17.5 Å². The number of rotatable bonds is 2. The van der Waals surface area contributed by atoms with Crippen LogP contribution in [-0.4, -0.2) is 5.91 Å². The summed E-state index contributed by atoms with van der Waals surface area (Å²) >= 11 is 6.23. The molecule has 0 spiro atoms. The fourth-order valence-electron chi connectivity index (χ4n) is 1.45. The van der Waals surface area contributed by atoms with Gasteiger partial charge in [0.15, 0.2) is 0 Å². The minimum absolute atomic E-state index is 0.0839. The molecule has 0 atom stereocenters. The first-order valence-corrected chi connectivity index (χ1v) is 6.77. The molecule has 2 aromatic carbocycles. The average Bonchev–Trinajstić information content (AvgIpc) is 2.32. The van der Waals surface area contributed by atoms with E-state index >= 15 is 0 Å². The average molecular weight is 391 g/mol. The summed E-state index contributed by atoms with van der Waals surface area (Å²) in [6, 6.07) is 7.96. The highest BCUT2D eigenvalue weighted by Gasteiger charge is 2.13. The van der Waals surface area contributed by atoms with Gasteiger partial charge >= 0.3 is 0 Å². The van der Waals surface area contributed by atoms with Crippen molar-refractivity contribution in [2.75, 3.05) is 5.32 Å². The minimum Gasteiger partial charge on any atom is -0.321 e. The summed E-state index contributed by atoms with van der Waals surface area (Å²) in [4.78, 5) is 11.9. The normalized spacial score (nSPS) is 10.3. The molecule has 6 heteroatoms. The highest BCUT2D eigenvalue weighted by Crippen LogP contribution is 2.24. The van der Waals surface area contributed by atoms with Gasteiger partial charge in [-0.2, -0.15) is 0 Å². The zero-order valence-corrected chi connectivity index (χ0v) is 12.6. The van der Waals surface area contributed by atoms with Crippen molar-refractivity contribution in [1.82, 2.24) is 0 Å². The van der Waals surface area contributed by atoms with Crippen molar-refractivity contribution in [3.05, 3.63) is 62.5 Å². The first-order valence-electron chi connectivity index (χ1n) is 5.19. The van der Waals surface area contributed by atoms with E-state index in [0.717, 1.165) is 0 Å². The molecule has 0 aliphatic heterocycles. The molecular formula is C13H7Br2F2NO. The second-order valence-corrected chi connectivity index (χ2v) is 5.47. The summed E-state index contributed by atoms with van der Waals surface area (Å²) < 4.78 is 27.4. The van der Waals surface area contributed by atoms with E-state index in [4.69, 9.17) is 0 Å². The van der Waals surface area contributed by atoms with Gasteiger partial charge < -0.3 is 5.32 Å². The minimum atomic E-state index is -0.634. The predicted octanol–water partition coefficient (Wildman–Crippen LogP) is 4.74. The summed E-state index contributed by atoms with van der Waals surface area (Å²) in [5.74, 6) is -1.66. The molecule has 0 aliphatic carbocycles. The Balaban J connectivity index is 2.25. The van der Waals surface area contributed by atoms with Gasteiger partial charge in [-0.05, 0) is 52.3 Å². The van der Waals surface area contributed by atoms with Crippen LogP contribution in [0.1, 0.15) is 10.4 Å². The quantitative estimate of drug-likeness (QED) is 0.788. The third kappa shape index (κ3) is 3.39. The molecule has 2 rings (SSSR count). The van der Waals surface area contributed by atoms with E-state index in [1.807, 2.05) is 0 Å². The maximum atomic E-state index is 13.6. The molecule has 0 saturated heterocycles. The van der Waals surface area contributed by atoms with Crippen LogP contribution in [0.4, 0.5) is 14.5 Å². The smallest absolute Gasteiger partial charge is 0.258 e. The monoisotopic (exact) mass is 389 g/mol. The SMILES string of the molecule is O=C(Nc1ccc(F)cc1Br)c1ccc(Br)cc1F. The number of hydrogen-bond acceptors (Lipinski definition) is 1. The van der Waals surface area contributed by atoms with Gasteiger partial charge in [0.25, 0.3) is 5.91 Å². The maximum absolute atomic E-state index is 13.6. The number of amides is 1. The Kier molecular flexibility index (Phi) is 4.31. The number of anilines is 1. The molecule has 0 heterocycles. The Morgan fingerprint density at radius 3 is 2.42 bits per heavy atom. The van der Waals surface area contributed by atoms with Crippen LogP contribution in [0.5, 0.6) is 0 Å². The fraction of sp³-hybridized carbons (Fsp3) is 0. The van der Waals surface area contributed by atoms with E-state index in [-0.39, 0.29) is 5.56 Å². The van der Waals surface area contributed by atoms with Crippen molar-refractivity contribution in [3.8, 4) is 0 Å². The van der Waals surface area contributed by atoms with Crippen molar-refractivity contribution in [3.63, 3.8) is 0 Å². The van der Waals surface area contributed by atoms with Gasteiger partial charge in [-0.15, -0.1) is 0 Å². The van der Waals surface area contributed by atoms with Crippen LogP contribution < -0.4 is 5.32 Å². The van der Waals surface area contributed by atoms with Gasteiger partial charge in [-0.1, -0.05) is 15.9 Å². The largest absolute Gasteiger partial charge is 0.321 e. The summed E-state index contributed by atoms with van der Waals surface area (Å²) in [6.07, 6.45) is 0. The number of halogens is 4. The Hall–Kier alpha value is -1.27. The number of nitrogens with one attached hydrogen (secondary N) is 1. The lowest BCUT2D eigenvalue weighted by Crippen LogP contribution is -2.14. The van der Waals surface area contributed by atoms with Crippen molar-refractivity contribution >= 4 is 43.5 Å². The van der Waals surface area contributed by atoms with Crippen LogP contribution in [-0.2, 0) is 0 Å². The van der Waals surface area contributed by atoms with E-state index in [2.05, 4.69) is 37.2 Å². The first-order chi connectivity index (χ1) is 8.97. The number of hydrogen-bond donors (Lipinski definition) is 1. The molecule has 0 bridgehead atoms. The molecular weight excluding hydrogens is 384 g/mol. The Labute approximate surface area is 125 Å². The fourth-order valence-corrected chi connectivity index (χ4v) is 2.24. The number of carbonyl (C=O) groups excluding carboxylic acids is 1. The standard InChI is InChI=1S/C13H7Br2F2NO/c14-7-1-3-9(11(17)5-7)13(19)18-12-4-2-8(16)6-10(12)15/h1-6H,(H,18,19). The number of benzene rings is 2. The van der Waals surface area contributed by atoms with Crippen LogP contribution >= 0.6 is 31.9 Å². The molecule has 0 radical (unpaired) electrons. The summed E-state index contributed by atoms with van der Waals surface area (Å²) in [6.45, 7) is 0. The predicted molar refractivity (Wildman–Crippen MR) is 76.2 cm³/mol. The molecule has 2 aromatic rings. The van der Waals surface area contributed by atoms with Gasteiger partial charge in [0, 0.05) is 8.95 Å². The van der Waals surface area contributed by atoms with Crippen molar-refractivity contribution in [2.45, 2.75) is 0 Å². The molecule has 0 aromatic heterocycles. The van der Waals surface area contributed by atoms with Crippen molar-refractivity contribution in [1.29, 1.82) is 0 Å². The van der Waals surface area contributed by atoms with E-state index in [0.29, 0.717) is 14.6 Å². The molecule has 1 amide bonds. The lowest BCUT2D eigenvalue weighted by Gasteiger charge is -2.08. The van der Waals surface area contributed by atoms with E-state index in [1.165, 1.54) is 30.3 Å². The molecule has 0 fully saturated rings. The molecule has 0 saturated carbocycles. The Morgan fingerprint density at radius 2 is 1.79 bits per heavy atom. The van der Waals surface area contributed by atoms with Crippen LogP contribution in [0.15, 0.2) is 45.3 Å². The third-order valence-corrected chi connectivity index (χ3v) is 3.50. The van der Waals surface area contributed by atoms with E-state index in [9.17, 15) is 13.6 Å². The van der Waals surface area contributed by atoms with Crippen LogP contribution in [0.25, 0.3) is 0 Å². The maximum Gasteiger partial charge on any atom is 0.258 e. The second-order valence-electron chi connectivity index (χ2n) is 3.70. The Bertz CT molecular complexity index is 647. The lowest BCUT2D eigenvalue weighted by atomic mass is 10.2. The molecule has 1 N–H and O–H groups in total. The van der Waals surface area contributed by atoms with Crippen molar-refractivity contribution < 1.29 is 13.6 Å². The lowest BCUT2D eigenvalue weighted by molar-refractivity contribution is 0.102. The van der Waals surface area contributed by atoms with Gasteiger partial charge in [0.05, 0.1) is 11.3 Å². The molecule has 19 heavy (non-hydrogen) atoms. The zero-order chi connectivity index (χ0) is 14.0. The number of carbonyl (C=O) groups is 1. The molecule has 98 valence electrons. The first kappa shape index (κ1) is 14.1. The summed E-state index contributed by atoms with van der Waals surface area (Å²) in [7, 11) is 0. The van der Waals surface area contributed by atoms with E-state index in [1.54, 1.807) is 6.07 Å². The van der Waals surface area contributed by atoms with Gasteiger partial charge in [0.1, 0.15) is 11.6 Å². The highest BCUT2D eigenvalue weighted by molar-refractivity contribution is 9.10. The molecule has 0 unspecified atom stereocenters. The molecule has 0 aliphatic rings. The zero-order valence-electron chi connectivity index (χ0n) is 9.38. The summed E-state index contributed by atoms with van der Waals surface area (Å²) in [5, 5.41) is 2.51. The van der Waals surface area contributed by atoms with Gasteiger partial charge in [-0.3, -0.25) is 4.79 Å². The summed E-state index contributed by atoms with van der Waals surface area (Å²) in [5.41, 5.74) is 0.285. The Morgan fingerprint density at radius 1 is 1.05 bits per heavy atom. The van der Waals surface area contributed by atoms with Crippen LogP contribution in [0.3, 0.4) is 0 Å². The van der Waals surface area contributed by atoms with Crippen LogP contribution in [0.2, 0.25) is 0 Å². The molecule has 2 nitrogen and oxygen atoms in total. The van der Waals surface area contributed by atoms with Gasteiger partial charge in [0.2, 0.25) is 0 Å². The van der Waals surface area contributed by atoms with Crippen molar-refractivity contribution in [2.24, 2.45) is 0 Å².